The average molecular weight is 362 g/mol. The highest BCUT2D eigenvalue weighted by Crippen LogP contribution is 2.45. The van der Waals surface area contributed by atoms with Crippen molar-refractivity contribution in [3.05, 3.63) is 35.1 Å². The predicted molar refractivity (Wildman–Crippen MR) is 102 cm³/mol. The van der Waals surface area contributed by atoms with Crippen LogP contribution >= 0.6 is 11.6 Å². The van der Waals surface area contributed by atoms with Gasteiger partial charge in [-0.3, -0.25) is 0 Å². The van der Waals surface area contributed by atoms with E-state index in [0.29, 0.717) is 5.15 Å². The van der Waals surface area contributed by atoms with Gasteiger partial charge in [-0.05, 0) is 50.3 Å². The molecule has 1 amide bonds. The summed E-state index contributed by atoms with van der Waals surface area (Å²) in [6.45, 7) is 5.58. The molecular weight excluding hydrogens is 338 g/mol. The number of ether oxygens (including phenoxy) is 1. The summed E-state index contributed by atoms with van der Waals surface area (Å²) in [5.74, 6) is 0.268. The molecule has 0 saturated heterocycles. The van der Waals surface area contributed by atoms with Gasteiger partial charge in [0.25, 0.3) is 0 Å². The van der Waals surface area contributed by atoms with Crippen LogP contribution < -0.4 is 10.2 Å². The summed E-state index contributed by atoms with van der Waals surface area (Å²) in [7, 11) is 4.01. The van der Waals surface area contributed by atoms with Gasteiger partial charge in [0.2, 0.25) is 0 Å². The van der Waals surface area contributed by atoms with Crippen molar-refractivity contribution in [1.82, 2.24) is 10.3 Å². The number of nitrogens with one attached hydrogen (secondary N) is 1. The molecule has 1 aliphatic carbocycles. The van der Waals surface area contributed by atoms with E-state index in [1.165, 1.54) is 5.56 Å². The van der Waals surface area contributed by atoms with Gasteiger partial charge in [0, 0.05) is 43.3 Å². The third kappa shape index (κ3) is 3.98. The minimum atomic E-state index is -0.492. The molecule has 1 fully saturated rings. The summed E-state index contributed by atoms with van der Waals surface area (Å²) in [4.78, 5) is 18.3. The minimum absolute atomic E-state index is 0.0928. The van der Waals surface area contributed by atoms with E-state index < -0.39 is 5.60 Å². The van der Waals surface area contributed by atoms with E-state index in [1.54, 1.807) is 0 Å². The number of hydrogen-bond acceptors (Lipinski definition) is 4. The molecule has 1 aromatic carbocycles. The summed E-state index contributed by atoms with van der Waals surface area (Å²) in [5, 5.41) is 5.58. The molecule has 134 valence electrons. The number of anilines is 1. The number of nitrogens with zero attached hydrogens (tertiary/aromatic N) is 2. The molecule has 0 bridgehead atoms. The number of hydrogen-bond donors (Lipinski definition) is 1. The maximum absolute atomic E-state index is 12.0. The lowest BCUT2D eigenvalue weighted by molar-refractivity contribution is 0.0523. The normalized spacial score (nSPS) is 19.6. The molecule has 3 rings (SSSR count). The van der Waals surface area contributed by atoms with Gasteiger partial charge in [0.05, 0.1) is 0 Å². The fourth-order valence-electron chi connectivity index (χ4n) is 3.09. The van der Waals surface area contributed by atoms with Crippen molar-refractivity contribution in [2.45, 2.75) is 44.8 Å². The number of halogens is 1. The zero-order valence-corrected chi connectivity index (χ0v) is 16.0. The van der Waals surface area contributed by atoms with E-state index in [2.05, 4.69) is 27.3 Å². The number of aromatic nitrogens is 1. The number of fused-ring (bicyclic) bond motifs is 1. The molecular formula is C19H24ClN3O2. The Morgan fingerprint density at radius 2 is 2.04 bits per heavy atom. The maximum Gasteiger partial charge on any atom is 0.407 e. The fourth-order valence-corrected chi connectivity index (χ4v) is 3.25. The van der Waals surface area contributed by atoms with Crippen molar-refractivity contribution < 1.29 is 9.53 Å². The number of benzene rings is 1. The molecule has 0 aliphatic heterocycles. The van der Waals surface area contributed by atoms with Crippen LogP contribution in [0.4, 0.5) is 10.5 Å². The van der Waals surface area contributed by atoms with Gasteiger partial charge in [0.15, 0.2) is 0 Å². The van der Waals surface area contributed by atoms with E-state index in [4.69, 9.17) is 16.3 Å². The lowest BCUT2D eigenvalue weighted by Gasteiger charge is -2.20. The van der Waals surface area contributed by atoms with Crippen molar-refractivity contribution in [1.29, 1.82) is 0 Å². The van der Waals surface area contributed by atoms with Crippen molar-refractivity contribution in [2.24, 2.45) is 0 Å². The highest BCUT2D eigenvalue weighted by Gasteiger charge is 2.41. The van der Waals surface area contributed by atoms with Gasteiger partial charge in [-0.2, -0.15) is 0 Å². The topological polar surface area (TPSA) is 54.5 Å². The molecule has 2 aromatic rings. The van der Waals surface area contributed by atoms with Crippen LogP contribution in [-0.2, 0) is 4.74 Å². The van der Waals surface area contributed by atoms with Crippen LogP contribution in [0, 0.1) is 0 Å². The molecule has 2 unspecified atom stereocenters. The Bertz CT molecular complexity index is 814. The Morgan fingerprint density at radius 1 is 1.32 bits per heavy atom. The zero-order chi connectivity index (χ0) is 18.4. The Kier molecular flexibility index (Phi) is 4.54. The SMILES string of the molecule is CN(C)c1ccc(C2CC2NC(=O)OC(C)(C)C)c2cc(Cl)ncc12. The van der Waals surface area contributed by atoms with Gasteiger partial charge in [0.1, 0.15) is 10.8 Å². The first kappa shape index (κ1) is 17.8. The van der Waals surface area contributed by atoms with Crippen molar-refractivity contribution in [2.75, 3.05) is 19.0 Å². The van der Waals surface area contributed by atoms with Crippen LogP contribution in [0.2, 0.25) is 5.15 Å². The molecule has 1 saturated carbocycles. The van der Waals surface area contributed by atoms with Gasteiger partial charge in [-0.15, -0.1) is 0 Å². The molecule has 2 atom stereocenters. The molecule has 0 radical (unpaired) electrons. The predicted octanol–water partition coefficient (Wildman–Crippen LogP) is 4.33. The van der Waals surface area contributed by atoms with E-state index in [0.717, 1.165) is 22.9 Å². The lowest BCUT2D eigenvalue weighted by atomic mass is 10.0. The van der Waals surface area contributed by atoms with Crippen molar-refractivity contribution in [3.63, 3.8) is 0 Å². The van der Waals surface area contributed by atoms with Gasteiger partial charge in [-0.1, -0.05) is 17.7 Å². The van der Waals surface area contributed by atoms with Crippen LogP contribution in [0.1, 0.15) is 38.7 Å². The summed E-state index contributed by atoms with van der Waals surface area (Å²) in [5.41, 5.74) is 1.79. The maximum atomic E-state index is 12.0. The first-order valence-electron chi connectivity index (χ1n) is 8.41. The van der Waals surface area contributed by atoms with Crippen molar-refractivity contribution >= 4 is 34.2 Å². The van der Waals surface area contributed by atoms with Gasteiger partial charge < -0.3 is 15.0 Å². The second-order valence-corrected chi connectivity index (χ2v) is 8.10. The first-order valence-corrected chi connectivity index (χ1v) is 8.78. The highest BCUT2D eigenvalue weighted by atomic mass is 35.5. The average Bonchev–Trinajstić information content (AvgIpc) is 3.22. The monoisotopic (exact) mass is 361 g/mol. The molecule has 1 heterocycles. The number of amides is 1. The molecule has 1 N–H and O–H groups in total. The van der Waals surface area contributed by atoms with Crippen LogP contribution in [0.15, 0.2) is 24.4 Å². The molecule has 1 aromatic heterocycles. The van der Waals surface area contributed by atoms with Gasteiger partial charge in [-0.25, -0.2) is 9.78 Å². The highest BCUT2D eigenvalue weighted by molar-refractivity contribution is 6.30. The summed E-state index contributed by atoms with van der Waals surface area (Å²) in [6, 6.07) is 6.21. The van der Waals surface area contributed by atoms with Crippen LogP contribution in [-0.4, -0.2) is 36.8 Å². The number of rotatable bonds is 3. The number of alkyl carbamates (subject to hydrolysis) is 1. The quantitative estimate of drug-likeness (QED) is 0.826. The largest absolute Gasteiger partial charge is 0.444 e. The smallest absolute Gasteiger partial charge is 0.407 e. The Labute approximate surface area is 153 Å². The minimum Gasteiger partial charge on any atom is -0.444 e. The molecule has 1 aliphatic rings. The van der Waals surface area contributed by atoms with Crippen LogP contribution in [0.3, 0.4) is 0 Å². The first-order chi connectivity index (χ1) is 11.7. The Hall–Kier alpha value is -2.01. The summed E-state index contributed by atoms with van der Waals surface area (Å²) < 4.78 is 5.34. The van der Waals surface area contributed by atoms with E-state index in [9.17, 15) is 4.79 Å². The fraction of sp³-hybridized carbons (Fsp3) is 0.474. The van der Waals surface area contributed by atoms with Gasteiger partial charge >= 0.3 is 6.09 Å². The third-order valence-electron chi connectivity index (χ3n) is 4.25. The van der Waals surface area contributed by atoms with Crippen LogP contribution in [0.5, 0.6) is 0 Å². The lowest BCUT2D eigenvalue weighted by Crippen LogP contribution is -2.34. The summed E-state index contributed by atoms with van der Waals surface area (Å²) >= 11 is 6.13. The molecule has 0 spiro atoms. The molecule has 6 heteroatoms. The molecule has 5 nitrogen and oxygen atoms in total. The van der Waals surface area contributed by atoms with Crippen molar-refractivity contribution in [3.8, 4) is 0 Å². The second-order valence-electron chi connectivity index (χ2n) is 7.72. The zero-order valence-electron chi connectivity index (χ0n) is 15.3. The van der Waals surface area contributed by atoms with Crippen LogP contribution in [0.25, 0.3) is 10.8 Å². The summed E-state index contributed by atoms with van der Waals surface area (Å²) in [6.07, 6.45) is 2.35. The molecule has 25 heavy (non-hydrogen) atoms. The number of pyridine rings is 1. The standard InChI is InChI=1S/C19H24ClN3O2/c1-19(2,3)25-18(24)22-15-8-13(15)11-6-7-16(23(4)5)14-10-21-17(20)9-12(11)14/h6-7,9-10,13,15H,8H2,1-5H3,(H,22,24). The Morgan fingerprint density at radius 3 is 2.68 bits per heavy atom. The number of carbonyl (C=O) groups excluding carboxylic acids is 1. The van der Waals surface area contributed by atoms with E-state index >= 15 is 0 Å². The Balaban J connectivity index is 1.85. The third-order valence-corrected chi connectivity index (χ3v) is 4.46. The van der Waals surface area contributed by atoms with E-state index in [-0.39, 0.29) is 18.1 Å². The van der Waals surface area contributed by atoms with E-state index in [1.807, 2.05) is 47.1 Å². The second kappa shape index (κ2) is 6.37. The number of carbonyl (C=O) groups is 1.